The lowest BCUT2D eigenvalue weighted by molar-refractivity contribution is 0.0674. The Bertz CT molecular complexity index is 910. The minimum absolute atomic E-state index is 0.0672. The van der Waals surface area contributed by atoms with Crippen LogP contribution in [0.2, 0.25) is 0 Å². The van der Waals surface area contributed by atoms with Gasteiger partial charge in [0.1, 0.15) is 18.2 Å². The minimum atomic E-state index is -0.0672. The summed E-state index contributed by atoms with van der Waals surface area (Å²) in [6.45, 7) is 9.88. The zero-order valence-electron chi connectivity index (χ0n) is 16.3. The lowest BCUT2D eigenvalue weighted by Crippen LogP contribution is -2.37. The SMILES string of the molecule is CC(C)c1ccc(/C=C2/Oc3c(ccc4c3CN(C(C)C)CO4)C2=O)cc1. The van der Waals surface area contributed by atoms with Crippen LogP contribution in [0.25, 0.3) is 6.08 Å². The van der Waals surface area contributed by atoms with E-state index < -0.39 is 0 Å². The molecule has 4 rings (SSSR count). The quantitative estimate of drug-likeness (QED) is 0.721. The molecule has 0 atom stereocenters. The number of hydrogen-bond acceptors (Lipinski definition) is 4. The van der Waals surface area contributed by atoms with Gasteiger partial charge in [-0.25, -0.2) is 0 Å². The topological polar surface area (TPSA) is 38.8 Å². The van der Waals surface area contributed by atoms with Crippen molar-refractivity contribution < 1.29 is 14.3 Å². The molecule has 0 amide bonds. The van der Waals surface area contributed by atoms with Gasteiger partial charge in [-0.05, 0) is 49.1 Å². The highest BCUT2D eigenvalue weighted by Gasteiger charge is 2.33. The zero-order valence-corrected chi connectivity index (χ0v) is 16.3. The van der Waals surface area contributed by atoms with Gasteiger partial charge in [-0.15, -0.1) is 0 Å². The molecule has 0 saturated carbocycles. The summed E-state index contributed by atoms with van der Waals surface area (Å²) in [5.41, 5.74) is 3.82. The summed E-state index contributed by atoms with van der Waals surface area (Å²) in [5, 5.41) is 0. The molecular weight excluding hydrogens is 338 g/mol. The Balaban J connectivity index is 1.65. The van der Waals surface area contributed by atoms with Crippen LogP contribution in [0, 0.1) is 0 Å². The molecule has 0 unspecified atom stereocenters. The van der Waals surface area contributed by atoms with Crippen LogP contribution >= 0.6 is 0 Å². The molecule has 27 heavy (non-hydrogen) atoms. The van der Waals surface area contributed by atoms with E-state index >= 15 is 0 Å². The normalized spacial score (nSPS) is 17.9. The largest absolute Gasteiger partial charge is 0.478 e. The number of Topliss-reactive ketones (excluding diaryl/α,β-unsaturated/α-hetero) is 1. The Labute approximate surface area is 160 Å². The maximum atomic E-state index is 12.8. The van der Waals surface area contributed by atoms with E-state index in [9.17, 15) is 4.79 Å². The highest BCUT2D eigenvalue weighted by atomic mass is 16.5. The fraction of sp³-hybridized carbons (Fsp3) is 0.348. The molecule has 2 heterocycles. The smallest absolute Gasteiger partial charge is 0.231 e. The maximum Gasteiger partial charge on any atom is 0.231 e. The summed E-state index contributed by atoms with van der Waals surface area (Å²) < 4.78 is 11.9. The van der Waals surface area contributed by atoms with E-state index in [4.69, 9.17) is 9.47 Å². The Morgan fingerprint density at radius 1 is 1.04 bits per heavy atom. The maximum absolute atomic E-state index is 12.8. The van der Waals surface area contributed by atoms with Gasteiger partial charge in [0.15, 0.2) is 5.76 Å². The van der Waals surface area contributed by atoms with E-state index in [0.29, 0.717) is 35.8 Å². The third-order valence-corrected chi connectivity index (χ3v) is 5.28. The minimum Gasteiger partial charge on any atom is -0.478 e. The molecule has 0 N–H and O–H groups in total. The third kappa shape index (κ3) is 3.26. The van der Waals surface area contributed by atoms with E-state index in [-0.39, 0.29) is 5.78 Å². The summed E-state index contributed by atoms with van der Waals surface area (Å²) in [5.74, 6) is 2.24. The van der Waals surface area contributed by atoms with Crippen LogP contribution in [0.4, 0.5) is 0 Å². The van der Waals surface area contributed by atoms with E-state index in [2.05, 4.69) is 44.7 Å². The lowest BCUT2D eigenvalue weighted by atomic mass is 10.0. The van der Waals surface area contributed by atoms with Crippen molar-refractivity contribution in [3.8, 4) is 11.5 Å². The van der Waals surface area contributed by atoms with Gasteiger partial charge >= 0.3 is 0 Å². The molecule has 0 saturated heterocycles. The Kier molecular flexibility index (Phi) is 4.52. The first-order valence-electron chi connectivity index (χ1n) is 9.51. The number of hydrogen-bond donors (Lipinski definition) is 0. The first kappa shape index (κ1) is 17.8. The van der Waals surface area contributed by atoms with E-state index in [1.165, 1.54) is 5.56 Å². The Hall–Kier alpha value is -2.59. The summed E-state index contributed by atoms with van der Waals surface area (Å²) in [6, 6.07) is 12.3. The fourth-order valence-electron chi connectivity index (χ4n) is 3.44. The predicted octanol–water partition coefficient (Wildman–Crippen LogP) is 4.99. The first-order valence-corrected chi connectivity index (χ1v) is 9.51. The van der Waals surface area contributed by atoms with Gasteiger partial charge in [-0.1, -0.05) is 38.1 Å². The first-order chi connectivity index (χ1) is 12.9. The number of allylic oxidation sites excluding steroid dienone is 1. The van der Waals surface area contributed by atoms with Crippen LogP contribution in [0.15, 0.2) is 42.2 Å². The molecule has 2 aromatic carbocycles. The monoisotopic (exact) mass is 363 g/mol. The van der Waals surface area contributed by atoms with Crippen molar-refractivity contribution >= 4 is 11.9 Å². The van der Waals surface area contributed by atoms with Crippen molar-refractivity contribution in [1.82, 2.24) is 4.90 Å². The van der Waals surface area contributed by atoms with Gasteiger partial charge in [0, 0.05) is 12.6 Å². The molecule has 140 valence electrons. The number of nitrogens with zero attached hydrogens (tertiary/aromatic N) is 1. The molecule has 2 aliphatic rings. The Morgan fingerprint density at radius 3 is 2.44 bits per heavy atom. The van der Waals surface area contributed by atoms with Crippen molar-refractivity contribution in [2.45, 2.75) is 46.2 Å². The number of fused-ring (bicyclic) bond motifs is 3. The van der Waals surface area contributed by atoms with Gasteiger partial charge < -0.3 is 9.47 Å². The number of ether oxygens (including phenoxy) is 2. The zero-order chi connectivity index (χ0) is 19.1. The molecule has 0 aliphatic carbocycles. The van der Waals surface area contributed by atoms with Gasteiger partial charge in [-0.2, -0.15) is 0 Å². The number of ketones is 1. The van der Waals surface area contributed by atoms with Crippen molar-refractivity contribution in [2.24, 2.45) is 0 Å². The summed E-state index contributed by atoms with van der Waals surface area (Å²) in [6.07, 6.45) is 1.82. The van der Waals surface area contributed by atoms with Crippen molar-refractivity contribution in [3.63, 3.8) is 0 Å². The van der Waals surface area contributed by atoms with Gasteiger partial charge in [0.25, 0.3) is 0 Å². The van der Waals surface area contributed by atoms with Gasteiger partial charge in [0.05, 0.1) is 11.1 Å². The van der Waals surface area contributed by atoms with E-state index in [0.717, 1.165) is 23.4 Å². The number of rotatable bonds is 3. The average Bonchev–Trinajstić information content (AvgIpc) is 2.98. The van der Waals surface area contributed by atoms with Crippen molar-refractivity contribution in [1.29, 1.82) is 0 Å². The standard InChI is InChI=1S/C23H25NO3/c1-14(2)17-7-5-16(6-8-17)11-21-22(25)18-9-10-20-19(23(18)27-21)12-24(13-26-20)15(3)4/h5-11,14-15H,12-13H2,1-4H3/b21-11+. The summed E-state index contributed by atoms with van der Waals surface area (Å²) in [4.78, 5) is 15.0. The van der Waals surface area contributed by atoms with E-state index in [1.807, 2.05) is 30.3 Å². The van der Waals surface area contributed by atoms with Crippen LogP contribution < -0.4 is 9.47 Å². The number of benzene rings is 2. The highest BCUT2D eigenvalue weighted by molar-refractivity contribution is 6.15. The van der Waals surface area contributed by atoms with Crippen LogP contribution in [-0.2, 0) is 6.54 Å². The predicted molar refractivity (Wildman–Crippen MR) is 106 cm³/mol. The fourth-order valence-corrected chi connectivity index (χ4v) is 3.44. The second kappa shape index (κ2) is 6.86. The second-order valence-electron chi connectivity index (χ2n) is 7.79. The van der Waals surface area contributed by atoms with Gasteiger partial charge in [-0.3, -0.25) is 9.69 Å². The highest BCUT2D eigenvalue weighted by Crippen LogP contribution is 2.42. The molecule has 4 heteroatoms. The molecule has 0 spiro atoms. The Morgan fingerprint density at radius 2 is 1.78 bits per heavy atom. The van der Waals surface area contributed by atoms with Crippen LogP contribution in [0.3, 0.4) is 0 Å². The van der Waals surface area contributed by atoms with E-state index in [1.54, 1.807) is 0 Å². The van der Waals surface area contributed by atoms with Crippen LogP contribution in [-0.4, -0.2) is 23.5 Å². The third-order valence-electron chi connectivity index (χ3n) is 5.28. The molecular formula is C23H25NO3. The van der Waals surface area contributed by atoms with Crippen molar-refractivity contribution in [3.05, 3.63) is 64.4 Å². The molecule has 4 nitrogen and oxygen atoms in total. The molecule has 0 bridgehead atoms. The number of carbonyl (C=O) groups is 1. The van der Waals surface area contributed by atoms with Crippen LogP contribution in [0.5, 0.6) is 11.5 Å². The second-order valence-corrected chi connectivity index (χ2v) is 7.79. The number of carbonyl (C=O) groups excluding carboxylic acids is 1. The molecule has 0 radical (unpaired) electrons. The summed E-state index contributed by atoms with van der Waals surface area (Å²) in [7, 11) is 0. The van der Waals surface area contributed by atoms with Crippen LogP contribution in [0.1, 0.15) is 60.7 Å². The molecule has 2 aliphatic heterocycles. The molecule has 0 fully saturated rings. The van der Waals surface area contributed by atoms with Crippen molar-refractivity contribution in [2.75, 3.05) is 6.73 Å². The molecule has 0 aromatic heterocycles. The van der Waals surface area contributed by atoms with Gasteiger partial charge in [0.2, 0.25) is 5.78 Å². The summed E-state index contributed by atoms with van der Waals surface area (Å²) >= 11 is 0. The lowest BCUT2D eigenvalue weighted by Gasteiger charge is -2.32. The molecule has 2 aromatic rings. The average molecular weight is 363 g/mol.